The molecule has 2 atom stereocenters. The summed E-state index contributed by atoms with van der Waals surface area (Å²) >= 11 is 0. The molecular weight excluding hydrogens is 252 g/mol. The number of carbonyl (C=O) groups excluding carboxylic acids is 1. The van der Waals surface area contributed by atoms with Crippen LogP contribution in [-0.4, -0.2) is 55.4 Å². The highest BCUT2D eigenvalue weighted by Crippen LogP contribution is 2.18. The van der Waals surface area contributed by atoms with Crippen molar-refractivity contribution in [3.8, 4) is 0 Å². The van der Waals surface area contributed by atoms with Crippen LogP contribution in [0.1, 0.15) is 12.2 Å². The minimum absolute atomic E-state index is 0.0311. The molecule has 3 N–H and O–H groups in total. The molecule has 19 heavy (non-hydrogen) atoms. The van der Waals surface area contributed by atoms with E-state index < -0.39 is 24.1 Å². The molecule has 8 heteroatoms. The summed E-state index contributed by atoms with van der Waals surface area (Å²) in [6.45, 7) is 0.241. The van der Waals surface area contributed by atoms with E-state index in [0.29, 0.717) is 5.82 Å². The molecule has 0 radical (unpaired) electrons. The van der Waals surface area contributed by atoms with Crippen molar-refractivity contribution >= 4 is 12.0 Å². The van der Waals surface area contributed by atoms with Crippen LogP contribution in [0.4, 0.5) is 4.79 Å². The maximum atomic E-state index is 11.9. The molecule has 1 aromatic rings. The number of imidazole rings is 1. The number of carbonyl (C=O) groups is 2. The predicted octanol–water partition coefficient (Wildman–Crippen LogP) is -0.850. The van der Waals surface area contributed by atoms with Crippen molar-refractivity contribution in [1.82, 2.24) is 19.8 Å². The lowest BCUT2D eigenvalue weighted by atomic mass is 10.2. The summed E-state index contributed by atoms with van der Waals surface area (Å²) in [5, 5.41) is 21.1. The second-order valence-electron chi connectivity index (χ2n) is 4.51. The second kappa shape index (κ2) is 5.27. The van der Waals surface area contributed by atoms with Crippen LogP contribution in [0.2, 0.25) is 0 Å². The van der Waals surface area contributed by atoms with E-state index in [1.165, 1.54) is 0 Å². The summed E-state index contributed by atoms with van der Waals surface area (Å²) in [5.74, 6) is -0.441. The Balaban J connectivity index is 1.96. The number of nitrogens with zero attached hydrogens (tertiary/aromatic N) is 3. The zero-order valence-corrected chi connectivity index (χ0v) is 10.5. The number of carboxylic acid groups (broad SMARTS) is 1. The van der Waals surface area contributed by atoms with Gasteiger partial charge in [-0.2, -0.15) is 0 Å². The normalized spacial score (nSPS) is 22.5. The monoisotopic (exact) mass is 268 g/mol. The average Bonchev–Trinajstić information content (AvgIpc) is 2.92. The van der Waals surface area contributed by atoms with Gasteiger partial charge in [-0.25, -0.2) is 14.6 Å². The molecule has 1 aliphatic rings. The highest BCUT2D eigenvalue weighted by Gasteiger charge is 2.38. The lowest BCUT2D eigenvalue weighted by Crippen LogP contribution is -2.46. The Labute approximate surface area is 109 Å². The SMILES string of the molecule is Cn1ccnc1CNC(=O)N1C[C@@H](O)C[C@H]1C(=O)O. The number of aromatic nitrogens is 2. The number of hydrogen-bond donors (Lipinski definition) is 3. The van der Waals surface area contributed by atoms with E-state index in [1.807, 2.05) is 0 Å². The van der Waals surface area contributed by atoms with Crippen LogP contribution in [0.5, 0.6) is 0 Å². The quantitative estimate of drug-likeness (QED) is 0.662. The molecule has 0 aromatic carbocycles. The van der Waals surface area contributed by atoms with Gasteiger partial charge in [0.05, 0.1) is 12.6 Å². The summed E-state index contributed by atoms with van der Waals surface area (Å²) in [4.78, 5) is 28.1. The van der Waals surface area contributed by atoms with E-state index in [9.17, 15) is 14.7 Å². The molecule has 8 nitrogen and oxygen atoms in total. The first-order valence-corrected chi connectivity index (χ1v) is 5.90. The molecule has 0 saturated carbocycles. The maximum Gasteiger partial charge on any atom is 0.326 e. The van der Waals surface area contributed by atoms with E-state index in [-0.39, 0.29) is 19.5 Å². The third-order valence-electron chi connectivity index (χ3n) is 3.14. The predicted molar refractivity (Wildman–Crippen MR) is 64.2 cm³/mol. The van der Waals surface area contributed by atoms with Crippen molar-refractivity contribution in [3.05, 3.63) is 18.2 Å². The summed E-state index contributed by atoms with van der Waals surface area (Å²) < 4.78 is 1.76. The minimum atomic E-state index is -1.11. The largest absolute Gasteiger partial charge is 0.480 e. The van der Waals surface area contributed by atoms with Gasteiger partial charge >= 0.3 is 12.0 Å². The number of aliphatic hydroxyl groups is 1. The van der Waals surface area contributed by atoms with Crippen LogP contribution >= 0.6 is 0 Å². The molecule has 104 valence electrons. The summed E-state index contributed by atoms with van der Waals surface area (Å²) in [7, 11) is 1.80. The second-order valence-corrected chi connectivity index (χ2v) is 4.51. The van der Waals surface area contributed by atoms with Crippen molar-refractivity contribution < 1.29 is 19.8 Å². The first-order valence-electron chi connectivity index (χ1n) is 5.90. The van der Waals surface area contributed by atoms with Gasteiger partial charge in [0, 0.05) is 32.4 Å². The van der Waals surface area contributed by atoms with Crippen molar-refractivity contribution in [3.63, 3.8) is 0 Å². The fourth-order valence-electron chi connectivity index (χ4n) is 2.10. The van der Waals surface area contributed by atoms with E-state index in [4.69, 9.17) is 5.11 Å². The Bertz CT molecular complexity index is 487. The van der Waals surface area contributed by atoms with Gasteiger partial charge < -0.3 is 25.0 Å². The number of carboxylic acids is 1. The number of β-amino-alcohol motifs (C(OH)–C–C–N with tert-alkyl or cyclic N) is 1. The van der Waals surface area contributed by atoms with Crippen LogP contribution in [-0.2, 0) is 18.4 Å². The molecule has 2 heterocycles. The maximum absolute atomic E-state index is 11.9. The number of urea groups is 1. The van der Waals surface area contributed by atoms with Crippen LogP contribution in [0.25, 0.3) is 0 Å². The number of aryl methyl sites for hydroxylation is 1. The van der Waals surface area contributed by atoms with Crippen molar-refractivity contribution in [2.45, 2.75) is 25.1 Å². The van der Waals surface area contributed by atoms with Gasteiger partial charge in [0.15, 0.2) is 0 Å². The zero-order valence-electron chi connectivity index (χ0n) is 10.5. The van der Waals surface area contributed by atoms with Crippen LogP contribution in [0.3, 0.4) is 0 Å². The molecule has 1 aromatic heterocycles. The smallest absolute Gasteiger partial charge is 0.326 e. The number of amides is 2. The molecule has 1 fully saturated rings. The summed E-state index contributed by atoms with van der Waals surface area (Å²) in [6.07, 6.45) is 2.63. The number of hydrogen-bond acceptors (Lipinski definition) is 4. The zero-order chi connectivity index (χ0) is 14.0. The van der Waals surface area contributed by atoms with Gasteiger partial charge in [-0.3, -0.25) is 0 Å². The van der Waals surface area contributed by atoms with Gasteiger partial charge in [0.25, 0.3) is 0 Å². The highest BCUT2D eigenvalue weighted by molar-refractivity contribution is 5.83. The van der Waals surface area contributed by atoms with Gasteiger partial charge in [-0.05, 0) is 0 Å². The van der Waals surface area contributed by atoms with Crippen molar-refractivity contribution in [2.75, 3.05) is 6.54 Å². The van der Waals surface area contributed by atoms with Crippen LogP contribution in [0, 0.1) is 0 Å². The fraction of sp³-hybridized carbons (Fsp3) is 0.545. The number of likely N-dealkylation sites (tertiary alicyclic amines) is 1. The standard InChI is InChI=1S/C11H16N4O4/c1-14-3-2-12-9(14)5-13-11(19)15-6-7(16)4-8(15)10(17)18/h2-3,7-8,16H,4-6H2,1H3,(H,13,19)(H,17,18)/t7-,8-/m0/s1. The molecule has 2 amide bonds. The Hall–Kier alpha value is -2.09. The first kappa shape index (κ1) is 13.3. The lowest BCUT2D eigenvalue weighted by molar-refractivity contribution is -0.141. The Kier molecular flexibility index (Phi) is 3.70. The van der Waals surface area contributed by atoms with Gasteiger partial charge in [0.2, 0.25) is 0 Å². The first-order chi connectivity index (χ1) is 8.99. The van der Waals surface area contributed by atoms with E-state index in [2.05, 4.69) is 10.3 Å². The minimum Gasteiger partial charge on any atom is -0.480 e. The van der Waals surface area contributed by atoms with Gasteiger partial charge in [-0.1, -0.05) is 0 Å². The van der Waals surface area contributed by atoms with Crippen LogP contribution in [0.15, 0.2) is 12.4 Å². The fourth-order valence-corrected chi connectivity index (χ4v) is 2.10. The van der Waals surface area contributed by atoms with Gasteiger partial charge in [0.1, 0.15) is 11.9 Å². The molecule has 0 unspecified atom stereocenters. The Morgan fingerprint density at radius 1 is 1.58 bits per heavy atom. The molecule has 0 spiro atoms. The summed E-state index contributed by atoms with van der Waals surface area (Å²) in [6, 6.07) is -1.48. The third kappa shape index (κ3) is 2.84. The average molecular weight is 268 g/mol. The Morgan fingerprint density at radius 2 is 2.32 bits per heavy atom. The number of nitrogens with one attached hydrogen (secondary N) is 1. The van der Waals surface area contributed by atoms with E-state index in [1.54, 1.807) is 24.0 Å². The third-order valence-corrected chi connectivity index (χ3v) is 3.14. The molecule has 0 aliphatic carbocycles. The van der Waals surface area contributed by atoms with Crippen molar-refractivity contribution in [2.24, 2.45) is 7.05 Å². The molecule has 1 saturated heterocycles. The number of aliphatic hydroxyl groups excluding tert-OH is 1. The topological polar surface area (TPSA) is 108 Å². The summed E-state index contributed by atoms with van der Waals surface area (Å²) in [5.41, 5.74) is 0. The number of aliphatic carboxylic acids is 1. The van der Waals surface area contributed by atoms with E-state index >= 15 is 0 Å². The van der Waals surface area contributed by atoms with Gasteiger partial charge in [-0.15, -0.1) is 0 Å². The number of rotatable bonds is 3. The molecule has 1 aliphatic heterocycles. The van der Waals surface area contributed by atoms with Crippen LogP contribution < -0.4 is 5.32 Å². The molecular formula is C11H16N4O4. The highest BCUT2D eigenvalue weighted by atomic mass is 16.4. The van der Waals surface area contributed by atoms with E-state index in [0.717, 1.165) is 4.90 Å². The van der Waals surface area contributed by atoms with Crippen molar-refractivity contribution in [1.29, 1.82) is 0 Å². The lowest BCUT2D eigenvalue weighted by Gasteiger charge is -2.21. The molecule has 2 rings (SSSR count). The Morgan fingerprint density at radius 3 is 2.89 bits per heavy atom. The molecule has 0 bridgehead atoms.